The molecule has 0 bridgehead atoms. The van der Waals surface area contributed by atoms with Gasteiger partial charge in [-0.1, -0.05) is 42.5 Å². The zero-order valence-electron chi connectivity index (χ0n) is 20.7. The summed E-state index contributed by atoms with van der Waals surface area (Å²) < 4.78 is 36.6. The molecule has 1 aliphatic heterocycles. The smallest absolute Gasteiger partial charge is 0.243 e. The van der Waals surface area contributed by atoms with Crippen LogP contribution in [0.2, 0.25) is 0 Å². The lowest BCUT2D eigenvalue weighted by atomic mass is 9.99. The molecule has 1 aromatic heterocycles. The molecule has 7 nitrogen and oxygen atoms in total. The summed E-state index contributed by atoms with van der Waals surface area (Å²) in [6, 6.07) is 24.1. The Morgan fingerprint density at radius 2 is 1.76 bits per heavy atom. The average Bonchev–Trinajstić information content (AvgIpc) is 3.65. The van der Waals surface area contributed by atoms with Crippen LogP contribution in [0.5, 0.6) is 5.75 Å². The SMILES string of the molecule is COc1cccc(C2c3cccn3CCN2C(=O)CN(C2CC2)S(=O)(=O)c2ccc3ccccc3c2)c1. The zero-order valence-corrected chi connectivity index (χ0v) is 21.5. The highest BCUT2D eigenvalue weighted by Gasteiger charge is 2.41. The number of hydrogen-bond donors (Lipinski definition) is 0. The number of carbonyl (C=O) groups is 1. The fraction of sp³-hybridized carbons (Fsp3) is 0.276. The van der Waals surface area contributed by atoms with Gasteiger partial charge in [-0.05, 0) is 65.6 Å². The molecule has 1 fully saturated rings. The van der Waals surface area contributed by atoms with Crippen molar-refractivity contribution < 1.29 is 17.9 Å². The maximum absolute atomic E-state index is 13.9. The number of carbonyl (C=O) groups excluding carboxylic acids is 1. The number of methoxy groups -OCH3 is 1. The Bertz CT molecular complexity index is 1570. The number of sulfonamides is 1. The molecule has 0 saturated heterocycles. The summed E-state index contributed by atoms with van der Waals surface area (Å²) >= 11 is 0. The van der Waals surface area contributed by atoms with E-state index in [1.54, 1.807) is 19.2 Å². The minimum Gasteiger partial charge on any atom is -0.497 e. The Labute approximate surface area is 216 Å². The summed E-state index contributed by atoms with van der Waals surface area (Å²) in [5.41, 5.74) is 1.94. The van der Waals surface area contributed by atoms with Crippen LogP contribution in [0.3, 0.4) is 0 Å². The van der Waals surface area contributed by atoms with Crippen LogP contribution < -0.4 is 4.74 Å². The highest BCUT2D eigenvalue weighted by atomic mass is 32.2. The highest BCUT2D eigenvalue weighted by Crippen LogP contribution is 2.36. The first-order chi connectivity index (χ1) is 18.0. The Balaban J connectivity index is 1.33. The second-order valence-electron chi connectivity index (χ2n) is 9.68. The summed E-state index contributed by atoms with van der Waals surface area (Å²) in [4.78, 5) is 15.9. The van der Waals surface area contributed by atoms with Gasteiger partial charge in [-0.15, -0.1) is 0 Å². The highest BCUT2D eigenvalue weighted by molar-refractivity contribution is 7.89. The van der Waals surface area contributed by atoms with Crippen LogP contribution in [0.4, 0.5) is 0 Å². The molecule has 1 atom stereocenters. The largest absolute Gasteiger partial charge is 0.497 e. The van der Waals surface area contributed by atoms with Crippen LogP contribution in [0, 0.1) is 0 Å². The van der Waals surface area contributed by atoms with E-state index in [9.17, 15) is 13.2 Å². The van der Waals surface area contributed by atoms with E-state index >= 15 is 0 Å². The first kappa shape index (κ1) is 23.8. The quantitative estimate of drug-likeness (QED) is 0.365. The molecule has 0 radical (unpaired) electrons. The number of ether oxygens (including phenoxy) is 1. The van der Waals surface area contributed by atoms with Gasteiger partial charge in [0.25, 0.3) is 0 Å². The lowest BCUT2D eigenvalue weighted by Crippen LogP contribution is -2.48. The van der Waals surface area contributed by atoms with Crippen LogP contribution in [-0.4, -0.2) is 54.3 Å². The molecule has 4 aromatic rings. The van der Waals surface area contributed by atoms with Crippen LogP contribution in [-0.2, 0) is 21.4 Å². The fourth-order valence-corrected chi connectivity index (χ4v) is 6.95. The number of nitrogens with zero attached hydrogens (tertiary/aromatic N) is 3. The molecule has 3 aromatic carbocycles. The van der Waals surface area contributed by atoms with Gasteiger partial charge in [0.2, 0.25) is 15.9 Å². The standard InChI is InChI=1S/C29H29N3O4S/c1-36-25-9-4-8-23(18-25)29-27-10-5-15-30(27)16-17-31(29)28(33)20-32(24-12-13-24)37(34,35)26-14-11-21-6-2-3-7-22(21)19-26/h2-11,14-15,18-19,24,29H,12-13,16-17,20H2,1H3. The summed E-state index contributed by atoms with van der Waals surface area (Å²) in [6.07, 6.45) is 3.55. The van der Waals surface area contributed by atoms with E-state index in [1.807, 2.05) is 77.8 Å². The molecule has 190 valence electrons. The molecule has 2 aliphatic rings. The predicted octanol–water partition coefficient (Wildman–Crippen LogP) is 4.43. The van der Waals surface area contributed by atoms with Gasteiger partial charge in [0.05, 0.1) is 24.6 Å². The number of fused-ring (bicyclic) bond motifs is 2. The van der Waals surface area contributed by atoms with Crippen LogP contribution in [0.15, 0.2) is 90.0 Å². The maximum Gasteiger partial charge on any atom is 0.243 e. The van der Waals surface area contributed by atoms with Crippen molar-refractivity contribution in [1.82, 2.24) is 13.8 Å². The fourth-order valence-electron chi connectivity index (χ4n) is 5.27. The lowest BCUT2D eigenvalue weighted by molar-refractivity contribution is -0.134. The lowest BCUT2D eigenvalue weighted by Gasteiger charge is -2.38. The zero-order chi connectivity index (χ0) is 25.6. The minimum atomic E-state index is -3.84. The second-order valence-corrected chi connectivity index (χ2v) is 11.6. The molecular formula is C29H29N3O4S. The van der Waals surface area contributed by atoms with E-state index in [1.165, 1.54) is 4.31 Å². The average molecular weight is 516 g/mol. The molecular weight excluding hydrogens is 486 g/mol. The Morgan fingerprint density at radius 1 is 0.946 bits per heavy atom. The predicted molar refractivity (Wildman–Crippen MR) is 142 cm³/mol. The second kappa shape index (κ2) is 9.36. The summed E-state index contributed by atoms with van der Waals surface area (Å²) in [7, 11) is -2.22. The van der Waals surface area contributed by atoms with Crippen molar-refractivity contribution in [1.29, 1.82) is 0 Å². The van der Waals surface area contributed by atoms with Gasteiger partial charge in [-0.2, -0.15) is 4.31 Å². The Hall–Kier alpha value is -3.62. The van der Waals surface area contributed by atoms with Gasteiger partial charge < -0.3 is 14.2 Å². The molecule has 37 heavy (non-hydrogen) atoms. The third-order valence-corrected chi connectivity index (χ3v) is 9.24. The minimum absolute atomic E-state index is 0.149. The third kappa shape index (κ3) is 4.40. The van der Waals surface area contributed by atoms with Crippen LogP contribution in [0.1, 0.15) is 30.1 Å². The van der Waals surface area contributed by atoms with Gasteiger partial charge >= 0.3 is 0 Å². The van der Waals surface area contributed by atoms with Crippen molar-refractivity contribution >= 4 is 26.7 Å². The van der Waals surface area contributed by atoms with Crippen molar-refractivity contribution in [3.05, 3.63) is 96.3 Å². The van der Waals surface area contributed by atoms with Crippen molar-refractivity contribution in [3.63, 3.8) is 0 Å². The van der Waals surface area contributed by atoms with Gasteiger partial charge in [0.15, 0.2) is 0 Å². The molecule has 2 heterocycles. The van der Waals surface area contributed by atoms with Crippen molar-refractivity contribution in [2.45, 2.75) is 36.4 Å². The van der Waals surface area contributed by atoms with Crippen molar-refractivity contribution in [2.75, 3.05) is 20.2 Å². The molecule has 8 heteroatoms. The molecule has 1 saturated carbocycles. The van der Waals surface area contributed by atoms with E-state index in [2.05, 4.69) is 4.57 Å². The summed E-state index contributed by atoms with van der Waals surface area (Å²) in [5, 5.41) is 1.84. The summed E-state index contributed by atoms with van der Waals surface area (Å²) in [6.45, 7) is 0.979. The van der Waals surface area contributed by atoms with Gasteiger partial charge in [-0.25, -0.2) is 8.42 Å². The molecule has 1 amide bonds. The number of hydrogen-bond acceptors (Lipinski definition) is 4. The normalized spacial score (nSPS) is 17.7. The Morgan fingerprint density at radius 3 is 2.54 bits per heavy atom. The number of amides is 1. The number of aromatic nitrogens is 1. The maximum atomic E-state index is 13.9. The van der Waals surface area contributed by atoms with E-state index in [0.29, 0.717) is 18.8 Å². The van der Waals surface area contributed by atoms with Crippen LogP contribution in [0.25, 0.3) is 10.8 Å². The first-order valence-electron chi connectivity index (χ1n) is 12.5. The van der Waals surface area contributed by atoms with E-state index in [4.69, 9.17) is 4.74 Å². The molecule has 6 rings (SSSR count). The van der Waals surface area contributed by atoms with E-state index in [0.717, 1.165) is 34.9 Å². The molecule has 1 aliphatic carbocycles. The summed E-state index contributed by atoms with van der Waals surface area (Å²) in [5.74, 6) is 0.517. The Kier molecular flexibility index (Phi) is 6.01. The number of rotatable bonds is 7. The number of benzene rings is 3. The van der Waals surface area contributed by atoms with Gasteiger partial charge in [0, 0.05) is 31.0 Å². The monoisotopic (exact) mass is 515 g/mol. The topological polar surface area (TPSA) is 71.8 Å². The molecule has 1 unspecified atom stereocenters. The van der Waals surface area contributed by atoms with Gasteiger partial charge in [0.1, 0.15) is 5.75 Å². The van der Waals surface area contributed by atoms with E-state index < -0.39 is 10.0 Å². The van der Waals surface area contributed by atoms with Crippen molar-refractivity contribution in [3.8, 4) is 5.75 Å². The van der Waals surface area contributed by atoms with Crippen LogP contribution >= 0.6 is 0 Å². The van der Waals surface area contributed by atoms with E-state index in [-0.39, 0.29) is 29.4 Å². The molecule has 0 spiro atoms. The van der Waals surface area contributed by atoms with Crippen molar-refractivity contribution in [2.24, 2.45) is 0 Å². The molecule has 0 N–H and O–H groups in total. The first-order valence-corrected chi connectivity index (χ1v) is 14.0. The van der Waals surface area contributed by atoms with Gasteiger partial charge in [-0.3, -0.25) is 4.79 Å². The third-order valence-electron chi connectivity index (χ3n) is 7.34.